The first-order chi connectivity index (χ1) is 13.1. The summed E-state index contributed by atoms with van der Waals surface area (Å²) in [7, 11) is 0. The van der Waals surface area contributed by atoms with Crippen LogP contribution in [0, 0.1) is 6.92 Å². The van der Waals surface area contributed by atoms with Crippen LogP contribution in [0.15, 0.2) is 28.7 Å². The molecule has 7 nitrogen and oxygen atoms in total. The summed E-state index contributed by atoms with van der Waals surface area (Å²) in [5, 5.41) is 9.13. The number of aryl methyl sites for hydroxylation is 1. The number of rotatable bonds is 5. The fourth-order valence-corrected chi connectivity index (χ4v) is 2.80. The smallest absolute Gasteiger partial charge is 0.364 e. The van der Waals surface area contributed by atoms with E-state index in [9.17, 15) is 4.79 Å². The Balaban J connectivity index is 1.58. The number of hydrogen-bond donors (Lipinski definition) is 1. The summed E-state index contributed by atoms with van der Waals surface area (Å²) in [6, 6.07) is 7.62. The Morgan fingerprint density at radius 2 is 1.86 bits per heavy atom. The standard InChI is InChI=1S/C21H27NO6/c1-13-17(22-18(28-13)20(2,3)4)12-25-16-8-6-14(7-9-16)15-10-26-21(5,19(23)24)27-11-15/h6-9,15H,10-12H2,1-5H3,(H,23,24)/t15-,21-. The summed E-state index contributed by atoms with van der Waals surface area (Å²) in [5.41, 5.74) is 1.65. The number of nitrogens with zero attached hydrogens (tertiary/aromatic N) is 1. The van der Waals surface area contributed by atoms with Crippen molar-refractivity contribution in [2.45, 2.75) is 58.3 Å². The van der Waals surface area contributed by atoms with Gasteiger partial charge in [-0.25, -0.2) is 9.78 Å². The van der Waals surface area contributed by atoms with Crippen LogP contribution in [0.2, 0.25) is 0 Å². The van der Waals surface area contributed by atoms with Gasteiger partial charge in [0.25, 0.3) is 5.79 Å². The van der Waals surface area contributed by atoms with Crippen molar-refractivity contribution < 1.29 is 28.5 Å². The minimum Gasteiger partial charge on any atom is -0.487 e. The van der Waals surface area contributed by atoms with Crippen molar-refractivity contribution in [3.05, 3.63) is 47.2 Å². The normalized spacial score (nSPS) is 22.8. The fourth-order valence-electron chi connectivity index (χ4n) is 2.80. The molecular formula is C21H27NO6. The van der Waals surface area contributed by atoms with E-state index in [1.165, 1.54) is 6.92 Å². The highest BCUT2D eigenvalue weighted by Gasteiger charge is 2.40. The summed E-state index contributed by atoms with van der Waals surface area (Å²) < 4.78 is 22.4. The maximum absolute atomic E-state index is 11.2. The van der Waals surface area contributed by atoms with Crippen LogP contribution in [0.3, 0.4) is 0 Å². The van der Waals surface area contributed by atoms with Gasteiger partial charge in [-0.1, -0.05) is 32.9 Å². The van der Waals surface area contributed by atoms with Crippen LogP contribution in [0.1, 0.15) is 56.5 Å². The second kappa shape index (κ2) is 7.56. The SMILES string of the molecule is Cc1oc(C(C)(C)C)nc1COc1ccc([C@H]2CO[C@](C)(C(=O)O)OC2)cc1. The molecule has 2 aromatic rings. The van der Waals surface area contributed by atoms with Gasteiger partial charge in [0, 0.05) is 18.3 Å². The summed E-state index contributed by atoms with van der Waals surface area (Å²) in [4.78, 5) is 15.7. The molecule has 0 radical (unpaired) electrons. The van der Waals surface area contributed by atoms with Crippen molar-refractivity contribution in [2.75, 3.05) is 13.2 Å². The van der Waals surface area contributed by atoms with Crippen molar-refractivity contribution in [3.8, 4) is 5.75 Å². The lowest BCUT2D eigenvalue weighted by atomic mass is 9.97. The van der Waals surface area contributed by atoms with Crippen LogP contribution in [0.5, 0.6) is 5.75 Å². The van der Waals surface area contributed by atoms with E-state index in [0.29, 0.717) is 12.5 Å². The average molecular weight is 389 g/mol. The molecule has 1 aliphatic rings. The van der Waals surface area contributed by atoms with Crippen LogP contribution >= 0.6 is 0 Å². The largest absolute Gasteiger partial charge is 0.487 e. The molecule has 1 aliphatic heterocycles. The third kappa shape index (κ3) is 4.36. The predicted molar refractivity (Wildman–Crippen MR) is 101 cm³/mol. The van der Waals surface area contributed by atoms with Crippen molar-refractivity contribution in [2.24, 2.45) is 0 Å². The topological polar surface area (TPSA) is 91.0 Å². The number of carbonyl (C=O) groups is 1. The molecule has 2 heterocycles. The minimum absolute atomic E-state index is 0.0198. The summed E-state index contributed by atoms with van der Waals surface area (Å²) in [6.45, 7) is 10.4. The number of aromatic nitrogens is 1. The molecule has 1 aromatic heterocycles. The Labute approximate surface area is 164 Å². The van der Waals surface area contributed by atoms with E-state index in [1.54, 1.807) is 0 Å². The highest BCUT2D eigenvalue weighted by atomic mass is 16.7. The van der Waals surface area contributed by atoms with Crippen LogP contribution in [0.4, 0.5) is 0 Å². The predicted octanol–water partition coefficient (Wildman–Crippen LogP) is 3.79. The van der Waals surface area contributed by atoms with E-state index in [0.717, 1.165) is 22.8 Å². The number of oxazole rings is 1. The Bertz CT molecular complexity index is 826. The van der Waals surface area contributed by atoms with Crippen molar-refractivity contribution in [3.63, 3.8) is 0 Å². The zero-order valence-corrected chi connectivity index (χ0v) is 16.9. The van der Waals surface area contributed by atoms with E-state index in [-0.39, 0.29) is 24.5 Å². The Kier molecular flexibility index (Phi) is 5.50. The zero-order valence-electron chi connectivity index (χ0n) is 16.9. The first-order valence-electron chi connectivity index (χ1n) is 9.29. The molecule has 152 valence electrons. The third-order valence-electron chi connectivity index (χ3n) is 4.77. The van der Waals surface area contributed by atoms with Crippen molar-refractivity contribution >= 4 is 5.97 Å². The summed E-state index contributed by atoms with van der Waals surface area (Å²) >= 11 is 0. The molecule has 0 unspecified atom stereocenters. The number of ether oxygens (including phenoxy) is 3. The van der Waals surface area contributed by atoms with Gasteiger partial charge in [0.2, 0.25) is 0 Å². The van der Waals surface area contributed by atoms with Crippen LogP contribution in [-0.4, -0.2) is 35.1 Å². The monoisotopic (exact) mass is 389 g/mol. The van der Waals surface area contributed by atoms with E-state index < -0.39 is 11.8 Å². The van der Waals surface area contributed by atoms with Gasteiger partial charge in [0.15, 0.2) is 5.89 Å². The maximum atomic E-state index is 11.2. The lowest BCUT2D eigenvalue weighted by Gasteiger charge is -2.34. The lowest BCUT2D eigenvalue weighted by molar-refractivity contribution is -0.262. The number of aliphatic carboxylic acids is 1. The average Bonchev–Trinajstić information content (AvgIpc) is 3.02. The number of carboxylic acids is 1. The van der Waals surface area contributed by atoms with E-state index >= 15 is 0 Å². The molecule has 0 atom stereocenters. The summed E-state index contributed by atoms with van der Waals surface area (Å²) in [6.07, 6.45) is 0. The second-order valence-corrected chi connectivity index (χ2v) is 8.20. The molecular weight excluding hydrogens is 362 g/mol. The quantitative estimate of drug-likeness (QED) is 0.832. The van der Waals surface area contributed by atoms with Gasteiger partial charge in [-0.2, -0.15) is 0 Å². The molecule has 0 spiro atoms. The Morgan fingerprint density at radius 3 is 2.36 bits per heavy atom. The summed E-state index contributed by atoms with van der Waals surface area (Å²) in [5.74, 6) is -0.525. The molecule has 7 heteroatoms. The number of hydrogen-bond acceptors (Lipinski definition) is 6. The number of benzene rings is 1. The fraction of sp³-hybridized carbons (Fsp3) is 0.524. The van der Waals surface area contributed by atoms with E-state index in [2.05, 4.69) is 25.8 Å². The molecule has 0 aliphatic carbocycles. The van der Waals surface area contributed by atoms with Gasteiger partial charge in [-0.15, -0.1) is 0 Å². The van der Waals surface area contributed by atoms with Gasteiger partial charge in [-0.3, -0.25) is 0 Å². The molecule has 1 N–H and O–H groups in total. The van der Waals surface area contributed by atoms with Gasteiger partial charge in [0.05, 0.1) is 13.2 Å². The van der Waals surface area contributed by atoms with Crippen LogP contribution in [-0.2, 0) is 26.3 Å². The second-order valence-electron chi connectivity index (χ2n) is 8.20. The molecule has 3 rings (SSSR count). The van der Waals surface area contributed by atoms with Crippen LogP contribution < -0.4 is 4.74 Å². The first-order valence-corrected chi connectivity index (χ1v) is 9.29. The molecule has 28 heavy (non-hydrogen) atoms. The van der Waals surface area contributed by atoms with Gasteiger partial charge >= 0.3 is 5.97 Å². The molecule has 0 saturated carbocycles. The minimum atomic E-state index is -1.57. The van der Waals surface area contributed by atoms with Crippen molar-refractivity contribution in [1.82, 2.24) is 4.98 Å². The van der Waals surface area contributed by atoms with E-state index in [4.69, 9.17) is 23.7 Å². The first kappa shape index (κ1) is 20.4. The zero-order chi connectivity index (χ0) is 20.5. The Morgan fingerprint density at radius 1 is 1.25 bits per heavy atom. The highest BCUT2D eigenvalue weighted by molar-refractivity contribution is 5.75. The van der Waals surface area contributed by atoms with E-state index in [1.807, 2.05) is 31.2 Å². The molecule has 1 saturated heterocycles. The van der Waals surface area contributed by atoms with Crippen molar-refractivity contribution in [1.29, 1.82) is 0 Å². The molecule has 1 aromatic carbocycles. The highest BCUT2D eigenvalue weighted by Crippen LogP contribution is 2.29. The molecule has 0 amide bonds. The molecule has 0 bridgehead atoms. The van der Waals surface area contributed by atoms with Crippen LogP contribution in [0.25, 0.3) is 0 Å². The van der Waals surface area contributed by atoms with Gasteiger partial charge in [0.1, 0.15) is 23.8 Å². The maximum Gasteiger partial charge on any atom is 0.364 e. The Hall–Kier alpha value is -2.38. The van der Waals surface area contributed by atoms with Gasteiger partial charge in [-0.05, 0) is 24.6 Å². The van der Waals surface area contributed by atoms with Gasteiger partial charge < -0.3 is 23.7 Å². The number of carboxylic acid groups (broad SMARTS) is 1. The molecule has 1 fully saturated rings. The lowest BCUT2D eigenvalue weighted by Crippen LogP contribution is -2.47. The third-order valence-corrected chi connectivity index (χ3v) is 4.77.